The lowest BCUT2D eigenvalue weighted by molar-refractivity contribution is 0.0489. The summed E-state index contributed by atoms with van der Waals surface area (Å²) in [5.74, 6) is 0. The molecule has 1 unspecified atom stereocenters. The fourth-order valence-corrected chi connectivity index (χ4v) is 2.52. The van der Waals surface area contributed by atoms with Crippen LogP contribution in [0.2, 0.25) is 0 Å². The van der Waals surface area contributed by atoms with Crippen molar-refractivity contribution in [2.24, 2.45) is 0 Å². The van der Waals surface area contributed by atoms with Gasteiger partial charge in [-0.15, -0.1) is 0 Å². The number of nitrogens with one attached hydrogen (secondary N) is 2. The van der Waals surface area contributed by atoms with Crippen LogP contribution in [-0.4, -0.2) is 49.3 Å². The minimum Gasteiger partial charge on any atom is -0.444 e. The van der Waals surface area contributed by atoms with Gasteiger partial charge in [-0.1, -0.05) is 30.3 Å². The quantitative estimate of drug-likeness (QED) is 0.895. The highest BCUT2D eigenvalue weighted by atomic mass is 16.6. The standard InChI is InChI=1S/C17H27N3O2/c1-17(2,3)22-16(21)19-15(14-7-5-4-6-8-14)13-20-11-9-18-10-12-20/h4-8,15,18H,9-13H2,1-3H3,(H,19,21). The molecule has 5 nitrogen and oxygen atoms in total. The molecular weight excluding hydrogens is 278 g/mol. The SMILES string of the molecule is CC(C)(C)OC(=O)NC(CN1CCNCC1)c1ccccc1. The van der Waals surface area contributed by atoms with Crippen LogP contribution in [0.1, 0.15) is 32.4 Å². The Morgan fingerprint density at radius 1 is 1.27 bits per heavy atom. The second-order valence-electron chi connectivity index (χ2n) is 6.66. The lowest BCUT2D eigenvalue weighted by Gasteiger charge is -2.32. The van der Waals surface area contributed by atoms with Gasteiger partial charge in [0.15, 0.2) is 0 Å². The number of hydrogen-bond donors (Lipinski definition) is 2. The minimum absolute atomic E-state index is 0.0610. The van der Waals surface area contributed by atoms with Crippen molar-refractivity contribution in [2.75, 3.05) is 32.7 Å². The fraction of sp³-hybridized carbons (Fsp3) is 0.588. The second kappa shape index (κ2) is 7.61. The van der Waals surface area contributed by atoms with Crippen molar-refractivity contribution in [1.29, 1.82) is 0 Å². The summed E-state index contributed by atoms with van der Waals surface area (Å²) in [6.07, 6.45) is -0.364. The molecule has 1 aliphatic heterocycles. The summed E-state index contributed by atoms with van der Waals surface area (Å²) in [6.45, 7) is 10.4. The van der Waals surface area contributed by atoms with Gasteiger partial charge in [0, 0.05) is 32.7 Å². The molecule has 0 spiro atoms. The van der Waals surface area contributed by atoms with Crippen molar-refractivity contribution in [1.82, 2.24) is 15.5 Å². The Balaban J connectivity index is 2.03. The number of piperazine rings is 1. The third-order valence-electron chi connectivity index (χ3n) is 3.54. The van der Waals surface area contributed by atoms with Gasteiger partial charge in [0.05, 0.1) is 6.04 Å². The third kappa shape index (κ3) is 5.66. The molecule has 1 amide bonds. The molecule has 1 atom stereocenters. The predicted molar refractivity (Wildman–Crippen MR) is 87.9 cm³/mol. The first-order valence-electron chi connectivity index (χ1n) is 7.91. The Morgan fingerprint density at radius 3 is 2.50 bits per heavy atom. The predicted octanol–water partition coefficient (Wildman–Crippen LogP) is 2.16. The summed E-state index contributed by atoms with van der Waals surface area (Å²) in [6, 6.07) is 10.0. The van der Waals surface area contributed by atoms with Gasteiger partial charge in [0.25, 0.3) is 0 Å². The molecule has 0 bridgehead atoms. The van der Waals surface area contributed by atoms with Crippen LogP contribution in [0.15, 0.2) is 30.3 Å². The van der Waals surface area contributed by atoms with E-state index in [4.69, 9.17) is 4.74 Å². The summed E-state index contributed by atoms with van der Waals surface area (Å²) in [5.41, 5.74) is 0.618. The molecule has 2 rings (SSSR count). The van der Waals surface area contributed by atoms with Crippen LogP contribution in [-0.2, 0) is 4.74 Å². The highest BCUT2D eigenvalue weighted by molar-refractivity contribution is 5.68. The van der Waals surface area contributed by atoms with Gasteiger partial charge < -0.3 is 15.4 Å². The monoisotopic (exact) mass is 305 g/mol. The van der Waals surface area contributed by atoms with E-state index in [0.717, 1.165) is 38.3 Å². The van der Waals surface area contributed by atoms with E-state index >= 15 is 0 Å². The number of carbonyl (C=O) groups excluding carboxylic acids is 1. The van der Waals surface area contributed by atoms with E-state index < -0.39 is 5.60 Å². The Kier molecular flexibility index (Phi) is 5.80. The number of ether oxygens (including phenoxy) is 1. The van der Waals surface area contributed by atoms with Crippen LogP contribution in [0.4, 0.5) is 4.79 Å². The first kappa shape index (κ1) is 16.8. The molecule has 22 heavy (non-hydrogen) atoms. The van der Waals surface area contributed by atoms with Gasteiger partial charge in [0.1, 0.15) is 5.60 Å². The maximum Gasteiger partial charge on any atom is 0.408 e. The van der Waals surface area contributed by atoms with Gasteiger partial charge in [-0.2, -0.15) is 0 Å². The largest absolute Gasteiger partial charge is 0.444 e. The Hall–Kier alpha value is -1.59. The van der Waals surface area contributed by atoms with E-state index in [1.54, 1.807) is 0 Å². The topological polar surface area (TPSA) is 53.6 Å². The van der Waals surface area contributed by atoms with Crippen molar-refractivity contribution in [3.8, 4) is 0 Å². The fourth-order valence-electron chi connectivity index (χ4n) is 2.52. The lowest BCUT2D eigenvalue weighted by Crippen LogP contribution is -2.47. The van der Waals surface area contributed by atoms with E-state index in [-0.39, 0.29) is 12.1 Å². The Labute approximate surface area is 133 Å². The number of rotatable bonds is 4. The Morgan fingerprint density at radius 2 is 1.91 bits per heavy atom. The minimum atomic E-state index is -0.486. The van der Waals surface area contributed by atoms with Crippen LogP contribution in [0.25, 0.3) is 0 Å². The van der Waals surface area contributed by atoms with Gasteiger partial charge in [-0.3, -0.25) is 4.90 Å². The van der Waals surface area contributed by atoms with Crippen LogP contribution in [0.3, 0.4) is 0 Å². The van der Waals surface area contributed by atoms with Crippen molar-refractivity contribution in [2.45, 2.75) is 32.4 Å². The molecule has 0 aliphatic carbocycles. The lowest BCUT2D eigenvalue weighted by atomic mass is 10.1. The molecule has 0 saturated carbocycles. The summed E-state index contributed by atoms with van der Waals surface area (Å²) in [7, 11) is 0. The molecule has 1 aromatic rings. The van der Waals surface area contributed by atoms with Crippen molar-refractivity contribution < 1.29 is 9.53 Å². The molecule has 5 heteroatoms. The van der Waals surface area contributed by atoms with E-state index in [9.17, 15) is 4.79 Å². The van der Waals surface area contributed by atoms with Crippen molar-refractivity contribution in [3.63, 3.8) is 0 Å². The molecule has 1 aliphatic rings. The van der Waals surface area contributed by atoms with Crippen LogP contribution in [0, 0.1) is 0 Å². The van der Waals surface area contributed by atoms with Crippen LogP contribution >= 0.6 is 0 Å². The molecule has 2 N–H and O–H groups in total. The molecule has 1 heterocycles. The van der Waals surface area contributed by atoms with Crippen molar-refractivity contribution >= 4 is 6.09 Å². The number of alkyl carbamates (subject to hydrolysis) is 1. The zero-order valence-corrected chi connectivity index (χ0v) is 13.8. The maximum absolute atomic E-state index is 12.1. The Bertz CT molecular complexity index is 465. The number of nitrogens with zero attached hydrogens (tertiary/aromatic N) is 1. The zero-order chi connectivity index (χ0) is 16.0. The number of benzene rings is 1. The second-order valence-corrected chi connectivity index (χ2v) is 6.66. The summed E-state index contributed by atoms with van der Waals surface area (Å²) < 4.78 is 5.40. The average molecular weight is 305 g/mol. The number of carbonyl (C=O) groups is 1. The molecule has 0 radical (unpaired) electrons. The summed E-state index contributed by atoms with van der Waals surface area (Å²) in [5, 5.41) is 6.36. The van der Waals surface area contributed by atoms with Gasteiger partial charge >= 0.3 is 6.09 Å². The number of amides is 1. The molecule has 1 aromatic carbocycles. The van der Waals surface area contributed by atoms with E-state index in [1.807, 2.05) is 51.1 Å². The van der Waals surface area contributed by atoms with E-state index in [2.05, 4.69) is 15.5 Å². The van der Waals surface area contributed by atoms with Crippen LogP contribution in [0.5, 0.6) is 0 Å². The smallest absolute Gasteiger partial charge is 0.408 e. The normalized spacial score (nSPS) is 17.8. The average Bonchev–Trinajstić information content (AvgIpc) is 2.47. The number of hydrogen-bond acceptors (Lipinski definition) is 4. The molecule has 0 aromatic heterocycles. The van der Waals surface area contributed by atoms with E-state index in [1.165, 1.54) is 0 Å². The first-order valence-corrected chi connectivity index (χ1v) is 7.91. The first-order chi connectivity index (χ1) is 10.4. The summed E-state index contributed by atoms with van der Waals surface area (Å²) in [4.78, 5) is 14.5. The van der Waals surface area contributed by atoms with Crippen LogP contribution < -0.4 is 10.6 Å². The van der Waals surface area contributed by atoms with E-state index in [0.29, 0.717) is 0 Å². The van der Waals surface area contributed by atoms with Gasteiger partial charge in [-0.05, 0) is 26.3 Å². The third-order valence-corrected chi connectivity index (χ3v) is 3.54. The van der Waals surface area contributed by atoms with Gasteiger partial charge in [-0.25, -0.2) is 4.79 Å². The molecule has 1 fully saturated rings. The molecular formula is C17H27N3O2. The van der Waals surface area contributed by atoms with Crippen molar-refractivity contribution in [3.05, 3.63) is 35.9 Å². The molecule has 1 saturated heterocycles. The summed E-state index contributed by atoms with van der Waals surface area (Å²) >= 11 is 0. The maximum atomic E-state index is 12.1. The molecule has 122 valence electrons. The van der Waals surface area contributed by atoms with Gasteiger partial charge in [0.2, 0.25) is 0 Å². The highest BCUT2D eigenvalue weighted by Gasteiger charge is 2.23. The highest BCUT2D eigenvalue weighted by Crippen LogP contribution is 2.16. The zero-order valence-electron chi connectivity index (χ0n) is 13.8.